The minimum Gasteiger partial charge on any atom is -0.462 e. The molecule has 1 heterocycles. The number of carbonyl (C=O) groups excluding carboxylic acids is 1. The van der Waals surface area contributed by atoms with Gasteiger partial charge in [-0.15, -0.1) is 0 Å². The van der Waals surface area contributed by atoms with Crippen LogP contribution in [0.25, 0.3) is 0 Å². The Labute approximate surface area is 109 Å². The highest BCUT2D eigenvalue weighted by Gasteiger charge is 2.29. The molecule has 0 atom stereocenters. The largest absolute Gasteiger partial charge is 0.462 e. The number of esters is 1. The van der Waals surface area contributed by atoms with Crippen molar-refractivity contribution < 1.29 is 9.53 Å². The van der Waals surface area contributed by atoms with Gasteiger partial charge in [-0.2, -0.15) is 0 Å². The monoisotopic (exact) mass is 247 g/mol. The van der Waals surface area contributed by atoms with Gasteiger partial charge in [0.25, 0.3) is 0 Å². The van der Waals surface area contributed by atoms with E-state index in [0.717, 1.165) is 11.4 Å². The molecule has 0 amide bonds. The lowest BCUT2D eigenvalue weighted by Crippen LogP contribution is -2.21. The van der Waals surface area contributed by atoms with Crippen LogP contribution in [0.5, 0.6) is 0 Å². The first-order valence-electron chi connectivity index (χ1n) is 6.62. The third-order valence-electron chi connectivity index (χ3n) is 3.12. The summed E-state index contributed by atoms with van der Waals surface area (Å²) in [6.07, 6.45) is 2.44. The van der Waals surface area contributed by atoms with Crippen molar-refractivity contribution in [3.05, 3.63) is 29.1 Å². The van der Waals surface area contributed by atoms with Crippen LogP contribution < -0.4 is 0 Å². The standard InChI is InChI=1S/C15H21NO2/c1-5-18-14(17)11-8-9-12(10-6-7-10)16-13(11)15(2,3)4/h8-10H,5-7H2,1-4H3. The van der Waals surface area contributed by atoms with E-state index in [0.29, 0.717) is 18.1 Å². The molecule has 0 aliphatic heterocycles. The second kappa shape index (κ2) is 4.71. The Morgan fingerprint density at radius 1 is 1.39 bits per heavy atom. The first-order valence-corrected chi connectivity index (χ1v) is 6.62. The lowest BCUT2D eigenvalue weighted by molar-refractivity contribution is 0.0522. The Morgan fingerprint density at radius 3 is 2.56 bits per heavy atom. The molecule has 0 spiro atoms. The second-order valence-electron chi connectivity index (χ2n) is 5.88. The highest BCUT2D eigenvalue weighted by Crippen LogP contribution is 2.40. The van der Waals surface area contributed by atoms with Crippen LogP contribution in [-0.4, -0.2) is 17.6 Å². The van der Waals surface area contributed by atoms with Gasteiger partial charge in [-0.1, -0.05) is 20.8 Å². The Bertz CT molecular complexity index is 456. The summed E-state index contributed by atoms with van der Waals surface area (Å²) in [6.45, 7) is 8.45. The molecule has 98 valence electrons. The Kier molecular flexibility index (Phi) is 3.42. The Morgan fingerprint density at radius 2 is 2.06 bits per heavy atom. The molecule has 1 aromatic heterocycles. The van der Waals surface area contributed by atoms with Gasteiger partial charge in [0.15, 0.2) is 0 Å². The zero-order chi connectivity index (χ0) is 13.3. The molecule has 1 aliphatic carbocycles. The van der Waals surface area contributed by atoms with Crippen molar-refractivity contribution in [1.82, 2.24) is 4.98 Å². The molecule has 0 bridgehead atoms. The van der Waals surface area contributed by atoms with Crippen LogP contribution in [0.2, 0.25) is 0 Å². The van der Waals surface area contributed by atoms with Gasteiger partial charge in [0.1, 0.15) is 0 Å². The number of ether oxygens (including phenoxy) is 1. The van der Waals surface area contributed by atoms with E-state index < -0.39 is 0 Å². The number of nitrogens with zero attached hydrogens (tertiary/aromatic N) is 1. The van der Waals surface area contributed by atoms with Crippen molar-refractivity contribution >= 4 is 5.97 Å². The molecule has 0 radical (unpaired) electrons. The lowest BCUT2D eigenvalue weighted by atomic mass is 9.88. The fourth-order valence-electron chi connectivity index (χ4n) is 2.03. The van der Waals surface area contributed by atoms with Crippen LogP contribution in [0.4, 0.5) is 0 Å². The maximum absolute atomic E-state index is 11.9. The van der Waals surface area contributed by atoms with Gasteiger partial charge >= 0.3 is 5.97 Å². The molecule has 0 aromatic carbocycles. The van der Waals surface area contributed by atoms with E-state index in [1.165, 1.54) is 12.8 Å². The van der Waals surface area contributed by atoms with Crippen molar-refractivity contribution in [2.45, 2.75) is 51.9 Å². The van der Waals surface area contributed by atoms with Gasteiger partial charge in [-0.3, -0.25) is 4.98 Å². The van der Waals surface area contributed by atoms with E-state index in [9.17, 15) is 4.79 Å². The second-order valence-corrected chi connectivity index (χ2v) is 5.88. The fourth-order valence-corrected chi connectivity index (χ4v) is 2.03. The van der Waals surface area contributed by atoms with Crippen LogP contribution in [0, 0.1) is 0 Å². The van der Waals surface area contributed by atoms with Crippen LogP contribution in [0.15, 0.2) is 12.1 Å². The topological polar surface area (TPSA) is 39.2 Å². The summed E-state index contributed by atoms with van der Waals surface area (Å²) < 4.78 is 5.10. The van der Waals surface area contributed by atoms with E-state index in [4.69, 9.17) is 9.72 Å². The van der Waals surface area contributed by atoms with E-state index in [1.54, 1.807) is 0 Å². The normalized spacial score (nSPS) is 15.6. The molecule has 3 heteroatoms. The van der Waals surface area contributed by atoms with Crippen LogP contribution in [0.1, 0.15) is 68.2 Å². The summed E-state index contributed by atoms with van der Waals surface area (Å²) in [4.78, 5) is 16.7. The molecule has 0 unspecified atom stereocenters. The summed E-state index contributed by atoms with van der Waals surface area (Å²) in [5.41, 5.74) is 2.43. The molecule has 1 aromatic rings. The average molecular weight is 247 g/mol. The van der Waals surface area contributed by atoms with E-state index in [-0.39, 0.29) is 11.4 Å². The number of carbonyl (C=O) groups is 1. The summed E-state index contributed by atoms with van der Waals surface area (Å²) in [5.74, 6) is 0.333. The van der Waals surface area contributed by atoms with Crippen molar-refractivity contribution in [2.75, 3.05) is 6.61 Å². The molecule has 0 N–H and O–H groups in total. The molecule has 1 fully saturated rings. The van der Waals surface area contributed by atoms with Gasteiger partial charge in [-0.25, -0.2) is 4.79 Å². The molecule has 1 aliphatic rings. The number of hydrogen-bond donors (Lipinski definition) is 0. The Hall–Kier alpha value is -1.38. The van der Waals surface area contributed by atoms with E-state index in [1.807, 2.05) is 19.1 Å². The molecular formula is C15H21NO2. The SMILES string of the molecule is CCOC(=O)c1ccc(C2CC2)nc1C(C)(C)C. The molecule has 3 nitrogen and oxygen atoms in total. The summed E-state index contributed by atoms with van der Waals surface area (Å²) in [7, 11) is 0. The molecule has 1 saturated carbocycles. The maximum atomic E-state index is 11.9. The highest BCUT2D eigenvalue weighted by molar-refractivity contribution is 5.91. The van der Waals surface area contributed by atoms with Crippen molar-refractivity contribution in [3.8, 4) is 0 Å². The lowest BCUT2D eigenvalue weighted by Gasteiger charge is -2.21. The first-order chi connectivity index (χ1) is 8.43. The Balaban J connectivity index is 2.41. The van der Waals surface area contributed by atoms with Gasteiger partial charge in [0.2, 0.25) is 0 Å². The molecular weight excluding hydrogens is 226 g/mol. The number of rotatable bonds is 3. The predicted octanol–water partition coefficient (Wildman–Crippen LogP) is 3.43. The first kappa shape index (κ1) is 13.1. The summed E-state index contributed by atoms with van der Waals surface area (Å²) in [5, 5.41) is 0. The van der Waals surface area contributed by atoms with Crippen molar-refractivity contribution in [3.63, 3.8) is 0 Å². The molecule has 18 heavy (non-hydrogen) atoms. The molecule has 0 saturated heterocycles. The van der Waals surface area contributed by atoms with Crippen LogP contribution in [-0.2, 0) is 10.2 Å². The van der Waals surface area contributed by atoms with Crippen molar-refractivity contribution in [2.24, 2.45) is 0 Å². The predicted molar refractivity (Wildman–Crippen MR) is 70.9 cm³/mol. The van der Waals surface area contributed by atoms with Crippen LogP contribution >= 0.6 is 0 Å². The van der Waals surface area contributed by atoms with Gasteiger partial charge < -0.3 is 4.74 Å². The zero-order valence-electron chi connectivity index (χ0n) is 11.6. The third kappa shape index (κ3) is 2.71. The summed E-state index contributed by atoms with van der Waals surface area (Å²) in [6, 6.07) is 3.85. The smallest absolute Gasteiger partial charge is 0.339 e. The van der Waals surface area contributed by atoms with E-state index >= 15 is 0 Å². The summed E-state index contributed by atoms with van der Waals surface area (Å²) >= 11 is 0. The van der Waals surface area contributed by atoms with E-state index in [2.05, 4.69) is 20.8 Å². The highest BCUT2D eigenvalue weighted by atomic mass is 16.5. The van der Waals surface area contributed by atoms with Gasteiger partial charge in [0, 0.05) is 17.0 Å². The maximum Gasteiger partial charge on any atom is 0.339 e. The van der Waals surface area contributed by atoms with Gasteiger partial charge in [0.05, 0.1) is 17.9 Å². The minimum atomic E-state index is -0.266. The third-order valence-corrected chi connectivity index (χ3v) is 3.12. The average Bonchev–Trinajstić information content (AvgIpc) is 3.11. The minimum absolute atomic E-state index is 0.146. The molecule has 2 rings (SSSR count). The zero-order valence-corrected chi connectivity index (χ0v) is 11.6. The van der Waals surface area contributed by atoms with Crippen molar-refractivity contribution in [1.29, 1.82) is 0 Å². The van der Waals surface area contributed by atoms with Crippen LogP contribution in [0.3, 0.4) is 0 Å². The number of pyridine rings is 1. The fraction of sp³-hybridized carbons (Fsp3) is 0.600. The van der Waals surface area contributed by atoms with Gasteiger partial charge in [-0.05, 0) is 31.9 Å². The number of hydrogen-bond acceptors (Lipinski definition) is 3. The number of aromatic nitrogens is 1. The quantitative estimate of drug-likeness (QED) is 0.768.